The molecular formula is C22H20N6O2. The summed E-state index contributed by atoms with van der Waals surface area (Å²) in [6, 6.07) is 16.7. The van der Waals surface area contributed by atoms with Crippen LogP contribution in [0.1, 0.15) is 11.6 Å². The number of aromatic nitrogens is 3. The van der Waals surface area contributed by atoms with E-state index in [2.05, 4.69) is 25.6 Å². The molecule has 8 heteroatoms. The van der Waals surface area contributed by atoms with Crippen molar-refractivity contribution in [1.82, 2.24) is 15.0 Å². The number of carbonyl (C=O) groups is 1. The molecule has 0 atom stereocenters. The van der Waals surface area contributed by atoms with Gasteiger partial charge in [-0.2, -0.15) is 15.0 Å². The van der Waals surface area contributed by atoms with Gasteiger partial charge in [-0.05, 0) is 35.7 Å². The molecule has 150 valence electrons. The van der Waals surface area contributed by atoms with Gasteiger partial charge >= 0.3 is 6.03 Å². The monoisotopic (exact) mass is 400 g/mol. The normalized spacial score (nSPS) is 11.0. The zero-order valence-corrected chi connectivity index (χ0v) is 16.5. The van der Waals surface area contributed by atoms with Gasteiger partial charge in [0.1, 0.15) is 5.76 Å². The summed E-state index contributed by atoms with van der Waals surface area (Å²) < 4.78 is 5.28. The third-order valence-corrected chi connectivity index (χ3v) is 4.24. The Kier molecular flexibility index (Phi) is 5.38. The topological polar surface area (TPSA) is 96.2 Å². The molecule has 4 aromatic rings. The first-order valence-corrected chi connectivity index (χ1v) is 9.29. The van der Waals surface area contributed by atoms with Crippen molar-refractivity contribution >= 4 is 46.5 Å². The summed E-state index contributed by atoms with van der Waals surface area (Å²) in [5, 5.41) is 7.53. The van der Waals surface area contributed by atoms with E-state index in [1.165, 1.54) is 0 Å². The molecule has 0 spiro atoms. The van der Waals surface area contributed by atoms with Crippen LogP contribution in [0.3, 0.4) is 0 Å². The van der Waals surface area contributed by atoms with Crippen LogP contribution in [0.2, 0.25) is 0 Å². The Labute approximate surface area is 173 Å². The van der Waals surface area contributed by atoms with Crippen LogP contribution in [0.25, 0.3) is 22.9 Å². The van der Waals surface area contributed by atoms with Gasteiger partial charge in [-0.3, -0.25) is 5.32 Å². The van der Waals surface area contributed by atoms with Crippen LogP contribution in [0.4, 0.5) is 22.4 Å². The summed E-state index contributed by atoms with van der Waals surface area (Å²) in [6.07, 6.45) is 5.03. The smallest absolute Gasteiger partial charge is 0.326 e. The highest BCUT2D eigenvalue weighted by Crippen LogP contribution is 2.23. The van der Waals surface area contributed by atoms with Crippen molar-refractivity contribution < 1.29 is 9.21 Å². The molecule has 0 aliphatic rings. The van der Waals surface area contributed by atoms with Gasteiger partial charge in [0.25, 0.3) is 0 Å². The van der Waals surface area contributed by atoms with Crippen LogP contribution in [-0.2, 0) is 0 Å². The summed E-state index contributed by atoms with van der Waals surface area (Å²) in [7, 11) is 3.63. The number of anilines is 3. The molecule has 0 aliphatic carbocycles. The Hall–Kier alpha value is -4.20. The van der Waals surface area contributed by atoms with Gasteiger partial charge in [0.15, 0.2) is 5.82 Å². The van der Waals surface area contributed by atoms with Crippen molar-refractivity contribution in [3.63, 3.8) is 0 Å². The van der Waals surface area contributed by atoms with E-state index in [0.29, 0.717) is 23.2 Å². The van der Waals surface area contributed by atoms with Gasteiger partial charge < -0.3 is 14.6 Å². The Balaban J connectivity index is 1.56. The van der Waals surface area contributed by atoms with Gasteiger partial charge in [0, 0.05) is 19.5 Å². The number of rotatable bonds is 5. The van der Waals surface area contributed by atoms with Crippen LogP contribution < -0.4 is 15.5 Å². The first-order chi connectivity index (χ1) is 14.6. The number of urea groups is 1. The van der Waals surface area contributed by atoms with E-state index in [1.807, 2.05) is 62.6 Å². The lowest BCUT2D eigenvalue weighted by Gasteiger charge is -2.13. The number of hydrogen-bond donors (Lipinski definition) is 2. The third-order valence-electron chi connectivity index (χ3n) is 4.24. The predicted octanol–water partition coefficient (Wildman–Crippen LogP) is 4.50. The summed E-state index contributed by atoms with van der Waals surface area (Å²) in [5.41, 5.74) is 0.699. The van der Waals surface area contributed by atoms with E-state index in [1.54, 1.807) is 29.4 Å². The fourth-order valence-electron chi connectivity index (χ4n) is 2.84. The standard InChI is InChI=1S/C22H20N6O2/c1-28(2)21-25-19(13-12-16-9-6-14-30-16)24-20(26-21)27-22(29)23-18-11-5-8-15-7-3-4-10-17(15)18/h3-14H,1-2H3,(H2,23,24,25,26,27,29). The summed E-state index contributed by atoms with van der Waals surface area (Å²) in [4.78, 5) is 27.3. The van der Waals surface area contributed by atoms with Gasteiger partial charge in [-0.25, -0.2) is 4.79 Å². The maximum atomic E-state index is 12.6. The number of benzene rings is 2. The number of amides is 2. The molecule has 0 fully saturated rings. The number of hydrogen-bond acceptors (Lipinski definition) is 6. The molecule has 4 rings (SSSR count). The number of nitrogens with zero attached hydrogens (tertiary/aromatic N) is 4. The number of furan rings is 1. The number of nitrogens with one attached hydrogen (secondary N) is 2. The second-order valence-electron chi connectivity index (χ2n) is 6.67. The van der Waals surface area contributed by atoms with Crippen molar-refractivity contribution in [2.45, 2.75) is 0 Å². The molecule has 0 saturated heterocycles. The van der Waals surface area contributed by atoms with E-state index >= 15 is 0 Å². The Morgan fingerprint density at radius 3 is 2.57 bits per heavy atom. The fourth-order valence-corrected chi connectivity index (χ4v) is 2.84. The second-order valence-corrected chi connectivity index (χ2v) is 6.67. The summed E-state index contributed by atoms with van der Waals surface area (Å²) in [5.74, 6) is 1.63. The molecule has 0 aliphatic heterocycles. The van der Waals surface area contributed by atoms with Gasteiger partial charge in [-0.1, -0.05) is 36.4 Å². The molecule has 30 heavy (non-hydrogen) atoms. The van der Waals surface area contributed by atoms with Crippen molar-refractivity contribution in [3.8, 4) is 0 Å². The lowest BCUT2D eigenvalue weighted by molar-refractivity contribution is 0.262. The quantitative estimate of drug-likeness (QED) is 0.512. The van der Waals surface area contributed by atoms with Crippen molar-refractivity contribution in [2.24, 2.45) is 0 Å². The average Bonchev–Trinajstić information content (AvgIpc) is 3.26. The zero-order chi connectivity index (χ0) is 20.9. The van der Waals surface area contributed by atoms with Crippen LogP contribution in [-0.4, -0.2) is 35.1 Å². The summed E-state index contributed by atoms with van der Waals surface area (Å²) >= 11 is 0. The van der Waals surface area contributed by atoms with E-state index in [4.69, 9.17) is 4.42 Å². The SMILES string of the molecule is CN(C)c1nc(C=Cc2ccco2)nc(NC(=O)Nc2cccc3ccccc23)n1. The minimum absolute atomic E-state index is 0.144. The van der Waals surface area contributed by atoms with Gasteiger partial charge in [-0.15, -0.1) is 0 Å². The zero-order valence-electron chi connectivity index (χ0n) is 16.5. The number of carbonyl (C=O) groups excluding carboxylic acids is 1. The second kappa shape index (κ2) is 8.44. The lowest BCUT2D eigenvalue weighted by Crippen LogP contribution is -2.23. The highest BCUT2D eigenvalue weighted by Gasteiger charge is 2.11. The first kappa shape index (κ1) is 19.1. The maximum Gasteiger partial charge on any atom is 0.326 e. The van der Waals surface area contributed by atoms with E-state index in [0.717, 1.165) is 10.8 Å². The summed E-state index contributed by atoms with van der Waals surface area (Å²) in [6.45, 7) is 0. The van der Waals surface area contributed by atoms with Crippen LogP contribution in [0, 0.1) is 0 Å². The Bertz CT molecular complexity index is 1200. The van der Waals surface area contributed by atoms with Crippen molar-refractivity contribution in [2.75, 3.05) is 29.6 Å². The van der Waals surface area contributed by atoms with E-state index in [-0.39, 0.29) is 5.95 Å². The highest BCUT2D eigenvalue weighted by molar-refractivity contribution is 6.05. The van der Waals surface area contributed by atoms with Crippen LogP contribution in [0.5, 0.6) is 0 Å². The van der Waals surface area contributed by atoms with Crippen LogP contribution in [0.15, 0.2) is 65.3 Å². The molecule has 0 unspecified atom stereocenters. The Morgan fingerprint density at radius 1 is 0.933 bits per heavy atom. The van der Waals surface area contributed by atoms with Crippen LogP contribution >= 0.6 is 0 Å². The highest BCUT2D eigenvalue weighted by atomic mass is 16.3. The average molecular weight is 400 g/mol. The molecule has 2 aromatic carbocycles. The lowest BCUT2D eigenvalue weighted by atomic mass is 10.1. The van der Waals surface area contributed by atoms with E-state index < -0.39 is 6.03 Å². The van der Waals surface area contributed by atoms with Gasteiger partial charge in [0.2, 0.25) is 11.9 Å². The van der Waals surface area contributed by atoms with Crippen molar-refractivity contribution in [1.29, 1.82) is 0 Å². The molecule has 2 aromatic heterocycles. The molecule has 8 nitrogen and oxygen atoms in total. The molecule has 0 radical (unpaired) electrons. The largest absolute Gasteiger partial charge is 0.465 e. The van der Waals surface area contributed by atoms with Gasteiger partial charge in [0.05, 0.1) is 12.0 Å². The maximum absolute atomic E-state index is 12.6. The Morgan fingerprint density at radius 2 is 1.77 bits per heavy atom. The molecule has 0 bridgehead atoms. The molecule has 0 saturated carbocycles. The molecule has 2 amide bonds. The van der Waals surface area contributed by atoms with Crippen molar-refractivity contribution in [3.05, 3.63) is 72.4 Å². The molecule has 2 N–H and O–H groups in total. The molecule has 2 heterocycles. The minimum Gasteiger partial charge on any atom is -0.465 e. The van der Waals surface area contributed by atoms with E-state index in [9.17, 15) is 4.79 Å². The number of fused-ring (bicyclic) bond motifs is 1. The fraction of sp³-hybridized carbons (Fsp3) is 0.0909. The third kappa shape index (κ3) is 4.44. The molecular weight excluding hydrogens is 380 g/mol. The predicted molar refractivity (Wildman–Crippen MR) is 118 cm³/mol. The minimum atomic E-state index is -0.441. The first-order valence-electron chi connectivity index (χ1n) is 9.29.